The summed E-state index contributed by atoms with van der Waals surface area (Å²) in [6.07, 6.45) is 0. The highest BCUT2D eigenvalue weighted by atomic mass is 35.5. The third-order valence-electron chi connectivity index (χ3n) is 1.38. The van der Waals surface area contributed by atoms with Crippen LogP contribution in [0.5, 0.6) is 0 Å². The first-order valence-corrected chi connectivity index (χ1v) is 5.28. The van der Waals surface area contributed by atoms with E-state index in [4.69, 9.17) is 46.4 Å². The molecule has 0 aliphatic rings. The topological polar surface area (TPSA) is 12.0 Å². The number of halogens is 4. The van der Waals surface area contributed by atoms with E-state index in [1.54, 1.807) is 18.2 Å². The van der Waals surface area contributed by atoms with Crippen LogP contribution >= 0.6 is 46.4 Å². The van der Waals surface area contributed by atoms with Crippen LogP contribution in [0.2, 0.25) is 10.0 Å². The average Bonchev–Trinajstić information content (AvgIpc) is 2.09. The minimum Gasteiger partial charge on any atom is -0.367 e. The zero-order valence-corrected chi connectivity index (χ0v) is 9.55. The molecular formula is C8H7Cl4N. The summed E-state index contributed by atoms with van der Waals surface area (Å²) in [7, 11) is 0. The third kappa shape index (κ3) is 3.43. The van der Waals surface area contributed by atoms with E-state index in [0.29, 0.717) is 15.9 Å². The lowest BCUT2D eigenvalue weighted by molar-refractivity contribution is 1.12. The van der Waals surface area contributed by atoms with Crippen molar-refractivity contribution < 1.29 is 0 Å². The maximum Gasteiger partial charge on any atom is 0.115 e. The van der Waals surface area contributed by atoms with E-state index in [0.717, 1.165) is 5.69 Å². The van der Waals surface area contributed by atoms with E-state index in [9.17, 15) is 0 Å². The van der Waals surface area contributed by atoms with Gasteiger partial charge in [-0.1, -0.05) is 34.8 Å². The van der Waals surface area contributed by atoms with Crippen molar-refractivity contribution in [3.05, 3.63) is 28.2 Å². The van der Waals surface area contributed by atoms with Gasteiger partial charge in [-0.3, -0.25) is 0 Å². The number of benzene rings is 1. The molecule has 0 fully saturated rings. The maximum absolute atomic E-state index is 5.88. The molecule has 0 amide bonds. The van der Waals surface area contributed by atoms with Gasteiger partial charge in [-0.25, -0.2) is 0 Å². The molecule has 0 saturated carbocycles. The SMILES string of the molecule is ClCC(Cl)Nc1ccc(Cl)cc1Cl. The Morgan fingerprint density at radius 1 is 1.31 bits per heavy atom. The van der Waals surface area contributed by atoms with Crippen LogP contribution in [0.1, 0.15) is 0 Å². The minimum atomic E-state index is -0.333. The van der Waals surface area contributed by atoms with Crippen molar-refractivity contribution in [3.63, 3.8) is 0 Å². The lowest BCUT2D eigenvalue weighted by Gasteiger charge is -2.11. The maximum atomic E-state index is 5.88. The molecule has 1 atom stereocenters. The fourth-order valence-corrected chi connectivity index (χ4v) is 1.47. The van der Waals surface area contributed by atoms with Crippen molar-refractivity contribution in [3.8, 4) is 0 Å². The summed E-state index contributed by atoms with van der Waals surface area (Å²) < 4.78 is 0. The second-order valence-corrected chi connectivity index (χ2v) is 4.07. The highest BCUT2D eigenvalue weighted by molar-refractivity contribution is 6.36. The molecule has 1 nitrogen and oxygen atoms in total. The summed E-state index contributed by atoms with van der Waals surface area (Å²) >= 11 is 22.9. The van der Waals surface area contributed by atoms with Gasteiger partial charge in [0.15, 0.2) is 0 Å². The molecule has 13 heavy (non-hydrogen) atoms. The molecule has 0 spiro atoms. The highest BCUT2D eigenvalue weighted by Crippen LogP contribution is 2.26. The van der Waals surface area contributed by atoms with Crippen LogP contribution in [0.4, 0.5) is 5.69 Å². The number of hydrogen-bond acceptors (Lipinski definition) is 1. The van der Waals surface area contributed by atoms with Crippen molar-refractivity contribution in [2.45, 2.75) is 5.50 Å². The first kappa shape index (κ1) is 11.3. The fraction of sp³-hybridized carbons (Fsp3) is 0.250. The molecule has 1 aromatic rings. The third-order valence-corrected chi connectivity index (χ3v) is 2.66. The van der Waals surface area contributed by atoms with E-state index >= 15 is 0 Å². The lowest BCUT2D eigenvalue weighted by Crippen LogP contribution is -2.13. The number of hydrogen-bond donors (Lipinski definition) is 1. The van der Waals surface area contributed by atoms with Gasteiger partial charge >= 0.3 is 0 Å². The van der Waals surface area contributed by atoms with Gasteiger partial charge in [0, 0.05) is 5.02 Å². The summed E-state index contributed by atoms with van der Waals surface area (Å²) in [6.45, 7) is 0. The summed E-state index contributed by atoms with van der Waals surface area (Å²) in [6, 6.07) is 5.13. The molecule has 72 valence electrons. The first-order valence-electron chi connectivity index (χ1n) is 3.55. The van der Waals surface area contributed by atoms with Gasteiger partial charge in [0.25, 0.3) is 0 Å². The van der Waals surface area contributed by atoms with Gasteiger partial charge < -0.3 is 5.32 Å². The molecule has 0 aromatic heterocycles. The minimum absolute atomic E-state index is 0.306. The molecule has 1 aromatic carbocycles. The van der Waals surface area contributed by atoms with Crippen molar-refractivity contribution in [2.75, 3.05) is 11.2 Å². The Bertz CT molecular complexity index is 289. The predicted molar refractivity (Wildman–Crippen MR) is 60.4 cm³/mol. The summed E-state index contributed by atoms with van der Waals surface area (Å²) in [5, 5.41) is 4.05. The molecule has 1 unspecified atom stereocenters. The normalized spacial score (nSPS) is 12.6. The van der Waals surface area contributed by atoms with Crippen molar-refractivity contribution in [1.29, 1.82) is 0 Å². The Morgan fingerprint density at radius 3 is 2.54 bits per heavy atom. The number of alkyl halides is 2. The van der Waals surface area contributed by atoms with E-state index < -0.39 is 0 Å². The Hall–Kier alpha value is 0.180. The van der Waals surface area contributed by atoms with Crippen LogP contribution in [0.3, 0.4) is 0 Å². The van der Waals surface area contributed by atoms with Gasteiger partial charge in [-0.05, 0) is 18.2 Å². The summed E-state index contributed by atoms with van der Waals surface area (Å²) in [4.78, 5) is 0. The Morgan fingerprint density at radius 2 is 2.00 bits per heavy atom. The van der Waals surface area contributed by atoms with Crippen molar-refractivity contribution in [1.82, 2.24) is 0 Å². The van der Waals surface area contributed by atoms with Crippen LogP contribution in [-0.4, -0.2) is 11.4 Å². The molecule has 1 rings (SSSR count). The molecule has 1 N–H and O–H groups in total. The molecule has 0 aliphatic carbocycles. The largest absolute Gasteiger partial charge is 0.367 e. The zero-order valence-electron chi connectivity index (χ0n) is 6.53. The standard InChI is InChI=1S/C8H7Cl4N/c9-4-8(12)13-7-2-1-5(10)3-6(7)11/h1-3,8,13H,4H2. The zero-order chi connectivity index (χ0) is 9.84. The number of anilines is 1. The molecule has 0 saturated heterocycles. The Balaban J connectivity index is 2.77. The summed E-state index contributed by atoms with van der Waals surface area (Å²) in [5.74, 6) is 0.306. The van der Waals surface area contributed by atoms with Crippen LogP contribution in [0.15, 0.2) is 18.2 Å². The quantitative estimate of drug-likeness (QED) is 0.633. The summed E-state index contributed by atoms with van der Waals surface area (Å²) in [5.41, 5.74) is 0.395. The number of rotatable bonds is 3. The van der Waals surface area contributed by atoms with Crippen LogP contribution in [0, 0.1) is 0 Å². The highest BCUT2D eigenvalue weighted by Gasteiger charge is 2.05. The van der Waals surface area contributed by atoms with Crippen LogP contribution in [-0.2, 0) is 0 Å². The molecular weight excluding hydrogens is 252 g/mol. The van der Waals surface area contributed by atoms with Gasteiger partial charge in [0.05, 0.1) is 16.6 Å². The smallest absolute Gasteiger partial charge is 0.115 e. The average molecular weight is 259 g/mol. The number of nitrogens with one attached hydrogen (secondary N) is 1. The van der Waals surface area contributed by atoms with Crippen LogP contribution in [0.25, 0.3) is 0 Å². The predicted octanol–water partition coefficient (Wildman–Crippen LogP) is 4.21. The second-order valence-electron chi connectivity index (χ2n) is 2.39. The molecule has 5 heteroatoms. The van der Waals surface area contributed by atoms with E-state index in [1.807, 2.05) is 0 Å². The van der Waals surface area contributed by atoms with Gasteiger partial charge in [-0.2, -0.15) is 0 Å². The Labute approximate surface area is 96.9 Å². The second kappa shape index (κ2) is 5.16. The molecule has 0 bridgehead atoms. The van der Waals surface area contributed by atoms with Gasteiger partial charge in [-0.15, -0.1) is 11.6 Å². The van der Waals surface area contributed by atoms with E-state index in [-0.39, 0.29) is 5.50 Å². The monoisotopic (exact) mass is 257 g/mol. The first-order chi connectivity index (χ1) is 6.13. The van der Waals surface area contributed by atoms with E-state index in [1.165, 1.54) is 0 Å². The van der Waals surface area contributed by atoms with Gasteiger partial charge in [0.1, 0.15) is 5.50 Å². The van der Waals surface area contributed by atoms with E-state index in [2.05, 4.69) is 5.32 Å². The molecule has 0 aliphatic heterocycles. The van der Waals surface area contributed by atoms with Gasteiger partial charge in [0.2, 0.25) is 0 Å². The Kier molecular flexibility index (Phi) is 4.47. The lowest BCUT2D eigenvalue weighted by atomic mass is 10.3. The van der Waals surface area contributed by atoms with Crippen LogP contribution < -0.4 is 5.32 Å². The molecule has 0 radical (unpaired) electrons. The fourth-order valence-electron chi connectivity index (χ4n) is 0.814. The van der Waals surface area contributed by atoms with Crippen molar-refractivity contribution >= 4 is 52.1 Å². The van der Waals surface area contributed by atoms with Crippen molar-refractivity contribution in [2.24, 2.45) is 0 Å². The molecule has 0 heterocycles.